The van der Waals surface area contributed by atoms with Crippen LogP contribution in [0.25, 0.3) is 0 Å². The zero-order valence-corrected chi connectivity index (χ0v) is 15.5. The summed E-state index contributed by atoms with van der Waals surface area (Å²) >= 11 is 0. The number of aromatic nitrogens is 2. The highest BCUT2D eigenvalue weighted by molar-refractivity contribution is 7.86. The van der Waals surface area contributed by atoms with E-state index < -0.39 is 10.2 Å². The fourth-order valence-corrected chi connectivity index (χ4v) is 4.58. The van der Waals surface area contributed by atoms with Crippen LogP contribution in [0.5, 0.6) is 0 Å². The Kier molecular flexibility index (Phi) is 5.88. The topological polar surface area (TPSA) is 58.4 Å². The van der Waals surface area contributed by atoms with Gasteiger partial charge in [0.15, 0.2) is 0 Å². The molecule has 1 aliphatic rings. The van der Waals surface area contributed by atoms with Gasteiger partial charge in [0.05, 0.1) is 12.7 Å². The Morgan fingerprint density at radius 3 is 2.40 bits per heavy atom. The van der Waals surface area contributed by atoms with Crippen molar-refractivity contribution in [3.8, 4) is 0 Å². The van der Waals surface area contributed by atoms with Crippen molar-refractivity contribution < 1.29 is 8.42 Å². The minimum atomic E-state index is -3.40. The first-order valence-electron chi connectivity index (χ1n) is 8.82. The van der Waals surface area contributed by atoms with E-state index in [9.17, 15) is 8.42 Å². The van der Waals surface area contributed by atoms with E-state index in [0.717, 1.165) is 31.2 Å². The molecule has 2 heterocycles. The quantitative estimate of drug-likeness (QED) is 0.793. The van der Waals surface area contributed by atoms with E-state index in [1.165, 1.54) is 9.87 Å². The third-order valence-electron chi connectivity index (χ3n) is 4.56. The second kappa shape index (κ2) is 8.12. The van der Waals surface area contributed by atoms with Gasteiger partial charge in [-0.25, -0.2) is 0 Å². The maximum atomic E-state index is 12.8. The minimum Gasteiger partial charge on any atom is -0.268 e. The van der Waals surface area contributed by atoms with Gasteiger partial charge in [0.2, 0.25) is 0 Å². The van der Waals surface area contributed by atoms with Crippen LogP contribution in [-0.4, -0.2) is 46.9 Å². The van der Waals surface area contributed by atoms with E-state index in [-0.39, 0.29) is 0 Å². The van der Waals surface area contributed by atoms with Gasteiger partial charge in [-0.05, 0) is 18.4 Å². The molecular weight excluding hydrogens is 336 g/mol. The fraction of sp³-hybridized carbons (Fsp3) is 0.500. The summed E-state index contributed by atoms with van der Waals surface area (Å²) in [6, 6.07) is 10.1. The molecule has 0 bridgehead atoms. The van der Waals surface area contributed by atoms with Gasteiger partial charge in [0, 0.05) is 38.4 Å². The van der Waals surface area contributed by atoms with E-state index in [1.807, 2.05) is 29.1 Å². The van der Waals surface area contributed by atoms with Gasteiger partial charge in [0.1, 0.15) is 0 Å². The first-order valence-corrected chi connectivity index (χ1v) is 10.2. The van der Waals surface area contributed by atoms with E-state index in [2.05, 4.69) is 17.2 Å². The maximum Gasteiger partial charge on any atom is 0.282 e. The molecule has 0 unspecified atom stereocenters. The van der Waals surface area contributed by atoms with E-state index >= 15 is 0 Å². The first-order chi connectivity index (χ1) is 12.1. The highest BCUT2D eigenvalue weighted by Crippen LogP contribution is 2.17. The first kappa shape index (κ1) is 18.1. The van der Waals surface area contributed by atoms with Crippen LogP contribution in [0.15, 0.2) is 42.7 Å². The average molecular weight is 362 g/mol. The van der Waals surface area contributed by atoms with Crippen molar-refractivity contribution in [1.29, 1.82) is 0 Å². The lowest BCUT2D eigenvalue weighted by Gasteiger charge is -2.26. The highest BCUT2D eigenvalue weighted by Gasteiger charge is 2.27. The molecule has 0 aliphatic carbocycles. The standard InChI is InChI=1S/C18H26N4O2S/c1-20(25(23,24)22-11-7-2-3-8-12-22)14-18-13-19-21(16-18)15-17-9-5-4-6-10-17/h4-6,9-10,13,16H,2-3,7-8,11-12,14-15H2,1H3. The lowest BCUT2D eigenvalue weighted by Crippen LogP contribution is -2.41. The monoisotopic (exact) mass is 362 g/mol. The molecule has 0 amide bonds. The number of hydrogen-bond donors (Lipinski definition) is 0. The summed E-state index contributed by atoms with van der Waals surface area (Å²) in [5, 5.41) is 4.36. The highest BCUT2D eigenvalue weighted by atomic mass is 32.2. The molecule has 1 aromatic carbocycles. The Morgan fingerprint density at radius 1 is 1.04 bits per heavy atom. The van der Waals surface area contributed by atoms with Crippen LogP contribution in [0.4, 0.5) is 0 Å². The van der Waals surface area contributed by atoms with Crippen molar-refractivity contribution >= 4 is 10.2 Å². The summed E-state index contributed by atoms with van der Waals surface area (Å²) in [7, 11) is -1.76. The van der Waals surface area contributed by atoms with Crippen LogP contribution in [-0.2, 0) is 23.3 Å². The van der Waals surface area contributed by atoms with Crippen LogP contribution in [0.3, 0.4) is 0 Å². The number of rotatable bonds is 6. The Labute approximate surface area is 150 Å². The SMILES string of the molecule is CN(Cc1cnn(Cc2ccccc2)c1)S(=O)(=O)N1CCCCCC1. The summed E-state index contributed by atoms with van der Waals surface area (Å²) in [5.41, 5.74) is 2.07. The Hall–Kier alpha value is -1.70. The van der Waals surface area contributed by atoms with Gasteiger partial charge < -0.3 is 0 Å². The molecule has 0 N–H and O–H groups in total. The molecule has 25 heavy (non-hydrogen) atoms. The summed E-state index contributed by atoms with van der Waals surface area (Å²) in [5.74, 6) is 0. The summed E-state index contributed by atoms with van der Waals surface area (Å²) in [4.78, 5) is 0. The summed E-state index contributed by atoms with van der Waals surface area (Å²) in [6.07, 6.45) is 7.78. The van der Waals surface area contributed by atoms with Crippen molar-refractivity contribution in [3.05, 3.63) is 53.9 Å². The van der Waals surface area contributed by atoms with E-state index in [1.54, 1.807) is 17.5 Å². The lowest BCUT2D eigenvalue weighted by atomic mass is 10.2. The molecule has 0 atom stereocenters. The van der Waals surface area contributed by atoms with Crippen LogP contribution in [0, 0.1) is 0 Å². The zero-order chi connectivity index (χ0) is 17.7. The van der Waals surface area contributed by atoms with Gasteiger partial charge in [-0.2, -0.15) is 22.1 Å². The normalized spacial score (nSPS) is 16.9. The summed E-state index contributed by atoms with van der Waals surface area (Å²) < 4.78 is 30.4. The smallest absolute Gasteiger partial charge is 0.268 e. The van der Waals surface area contributed by atoms with Crippen molar-refractivity contribution in [3.63, 3.8) is 0 Å². The van der Waals surface area contributed by atoms with Gasteiger partial charge in [-0.3, -0.25) is 4.68 Å². The molecule has 0 saturated carbocycles. The third-order valence-corrected chi connectivity index (χ3v) is 6.50. The second-order valence-corrected chi connectivity index (χ2v) is 8.64. The van der Waals surface area contributed by atoms with Gasteiger partial charge in [0.25, 0.3) is 10.2 Å². The number of benzene rings is 1. The predicted molar refractivity (Wildman–Crippen MR) is 98.2 cm³/mol. The Bertz CT molecular complexity index is 765. The van der Waals surface area contributed by atoms with Crippen molar-refractivity contribution in [1.82, 2.24) is 18.4 Å². The average Bonchev–Trinajstić information content (AvgIpc) is 2.86. The lowest BCUT2D eigenvalue weighted by molar-refractivity contribution is 0.363. The molecule has 0 radical (unpaired) electrons. The number of nitrogens with zero attached hydrogens (tertiary/aromatic N) is 4. The third kappa shape index (κ3) is 4.68. The molecular formula is C18H26N4O2S. The molecule has 0 spiro atoms. The predicted octanol–water partition coefficient (Wildman–Crippen LogP) is 2.48. The fourth-order valence-electron chi connectivity index (χ4n) is 3.15. The second-order valence-electron chi connectivity index (χ2n) is 6.61. The van der Waals surface area contributed by atoms with Crippen LogP contribution >= 0.6 is 0 Å². The molecule has 1 aliphatic heterocycles. The van der Waals surface area contributed by atoms with Gasteiger partial charge in [-0.1, -0.05) is 43.2 Å². The van der Waals surface area contributed by atoms with Crippen LogP contribution in [0.2, 0.25) is 0 Å². The minimum absolute atomic E-state index is 0.341. The maximum absolute atomic E-state index is 12.8. The zero-order valence-electron chi connectivity index (χ0n) is 14.7. The van der Waals surface area contributed by atoms with Crippen molar-refractivity contribution in [2.24, 2.45) is 0 Å². The van der Waals surface area contributed by atoms with Crippen LogP contribution in [0.1, 0.15) is 36.8 Å². The molecule has 1 aromatic heterocycles. The molecule has 136 valence electrons. The van der Waals surface area contributed by atoms with E-state index in [0.29, 0.717) is 26.2 Å². The van der Waals surface area contributed by atoms with Gasteiger partial charge >= 0.3 is 0 Å². The molecule has 3 rings (SSSR count). The van der Waals surface area contributed by atoms with Crippen molar-refractivity contribution in [2.75, 3.05) is 20.1 Å². The summed E-state index contributed by atoms with van der Waals surface area (Å²) in [6.45, 7) is 2.27. The number of hydrogen-bond acceptors (Lipinski definition) is 3. The largest absolute Gasteiger partial charge is 0.282 e. The molecule has 1 fully saturated rings. The molecule has 7 heteroatoms. The molecule has 2 aromatic rings. The van der Waals surface area contributed by atoms with Crippen molar-refractivity contribution in [2.45, 2.75) is 38.8 Å². The Balaban J connectivity index is 1.63. The van der Waals surface area contributed by atoms with Gasteiger partial charge in [-0.15, -0.1) is 0 Å². The molecule has 6 nitrogen and oxygen atoms in total. The van der Waals surface area contributed by atoms with Crippen LogP contribution < -0.4 is 0 Å². The Morgan fingerprint density at radius 2 is 1.72 bits per heavy atom. The molecule has 1 saturated heterocycles. The van der Waals surface area contributed by atoms with E-state index in [4.69, 9.17) is 0 Å².